The molecule has 0 saturated carbocycles. The second-order valence-electron chi connectivity index (χ2n) is 5.48. The Morgan fingerprint density at radius 2 is 1.77 bits per heavy atom. The summed E-state index contributed by atoms with van der Waals surface area (Å²) in [6.07, 6.45) is 3.36. The lowest BCUT2D eigenvalue weighted by Crippen LogP contribution is -2.36. The highest BCUT2D eigenvalue weighted by atomic mass is 19.1. The second kappa shape index (κ2) is 8.53. The number of aliphatic imine (C=N–C) groups is 1. The van der Waals surface area contributed by atoms with Crippen molar-refractivity contribution in [1.82, 2.24) is 10.3 Å². The van der Waals surface area contributed by atoms with Gasteiger partial charge in [-0.2, -0.15) is 0 Å². The lowest BCUT2D eigenvalue weighted by Gasteiger charge is -2.12. The van der Waals surface area contributed by atoms with E-state index in [2.05, 4.69) is 20.6 Å². The zero-order valence-corrected chi connectivity index (χ0v) is 13.9. The van der Waals surface area contributed by atoms with Crippen LogP contribution in [0, 0.1) is 5.82 Å². The fraction of sp³-hybridized carbons (Fsp3) is 0.0500. The molecular weight excluding hydrogens is 331 g/mol. The molecule has 0 atom stereocenters. The quantitative estimate of drug-likeness (QED) is 0.559. The van der Waals surface area contributed by atoms with E-state index in [9.17, 15) is 9.18 Å². The Balaban J connectivity index is 1.78. The fourth-order valence-corrected chi connectivity index (χ4v) is 2.24. The molecule has 0 spiro atoms. The average Bonchev–Trinajstić information content (AvgIpc) is 2.68. The summed E-state index contributed by atoms with van der Waals surface area (Å²) in [4.78, 5) is 20.8. The summed E-state index contributed by atoms with van der Waals surface area (Å²) in [5.74, 6) is -0.632. The number of para-hydroxylation sites is 1. The number of nitrogens with zero attached hydrogens (tertiary/aromatic N) is 2. The number of halogens is 1. The number of anilines is 1. The smallest absolute Gasteiger partial charge is 0.258 e. The Kier molecular flexibility index (Phi) is 5.67. The minimum Gasteiger partial charge on any atom is -0.326 e. The molecule has 3 aromatic rings. The summed E-state index contributed by atoms with van der Waals surface area (Å²) in [6, 6.07) is 18.5. The Morgan fingerprint density at radius 1 is 1.00 bits per heavy atom. The van der Waals surface area contributed by atoms with Crippen LogP contribution in [0.2, 0.25) is 0 Å². The lowest BCUT2D eigenvalue weighted by molar-refractivity contribution is 0.0976. The number of pyridine rings is 1. The molecule has 5 nitrogen and oxygen atoms in total. The topological polar surface area (TPSA) is 66.4 Å². The van der Waals surface area contributed by atoms with E-state index in [1.54, 1.807) is 18.5 Å². The first-order valence-electron chi connectivity index (χ1n) is 8.03. The SMILES string of the molecule is O=C(NC(=NCc1ccncc1)Nc1ccccc1)c1cccc(F)c1. The largest absolute Gasteiger partial charge is 0.326 e. The second-order valence-corrected chi connectivity index (χ2v) is 5.48. The van der Waals surface area contributed by atoms with Crippen molar-refractivity contribution < 1.29 is 9.18 Å². The Labute approximate surface area is 150 Å². The van der Waals surface area contributed by atoms with Crippen molar-refractivity contribution in [1.29, 1.82) is 0 Å². The van der Waals surface area contributed by atoms with Crippen molar-refractivity contribution in [2.75, 3.05) is 5.32 Å². The maximum Gasteiger partial charge on any atom is 0.258 e. The number of benzene rings is 2. The van der Waals surface area contributed by atoms with Gasteiger partial charge in [0.2, 0.25) is 5.96 Å². The first-order valence-corrected chi connectivity index (χ1v) is 8.03. The van der Waals surface area contributed by atoms with Gasteiger partial charge in [0.15, 0.2) is 0 Å². The molecule has 0 aliphatic carbocycles. The Morgan fingerprint density at radius 3 is 2.50 bits per heavy atom. The first-order chi connectivity index (χ1) is 12.7. The summed E-state index contributed by atoms with van der Waals surface area (Å²) in [5.41, 5.74) is 1.95. The molecule has 2 N–H and O–H groups in total. The van der Waals surface area contributed by atoms with Crippen LogP contribution < -0.4 is 10.6 Å². The van der Waals surface area contributed by atoms with Crippen LogP contribution in [-0.4, -0.2) is 16.9 Å². The molecule has 6 heteroatoms. The highest BCUT2D eigenvalue weighted by Gasteiger charge is 2.10. The van der Waals surface area contributed by atoms with E-state index in [4.69, 9.17) is 0 Å². The number of rotatable bonds is 4. The molecule has 130 valence electrons. The third-order valence-corrected chi connectivity index (χ3v) is 3.52. The molecule has 1 heterocycles. The van der Waals surface area contributed by atoms with Crippen LogP contribution >= 0.6 is 0 Å². The third-order valence-electron chi connectivity index (χ3n) is 3.52. The zero-order valence-electron chi connectivity index (χ0n) is 13.9. The van der Waals surface area contributed by atoms with Crippen LogP contribution in [0.1, 0.15) is 15.9 Å². The van der Waals surface area contributed by atoms with Gasteiger partial charge in [-0.05, 0) is 48.0 Å². The maximum atomic E-state index is 13.3. The van der Waals surface area contributed by atoms with Crippen molar-refractivity contribution in [3.8, 4) is 0 Å². The number of guanidine groups is 1. The molecule has 0 aliphatic heterocycles. The van der Waals surface area contributed by atoms with Gasteiger partial charge in [-0.15, -0.1) is 0 Å². The summed E-state index contributed by atoms with van der Waals surface area (Å²) < 4.78 is 13.3. The maximum absolute atomic E-state index is 13.3. The number of carbonyl (C=O) groups is 1. The van der Waals surface area contributed by atoms with Crippen molar-refractivity contribution in [2.24, 2.45) is 4.99 Å². The van der Waals surface area contributed by atoms with Crippen LogP contribution in [0.3, 0.4) is 0 Å². The van der Waals surface area contributed by atoms with E-state index in [0.717, 1.165) is 11.3 Å². The van der Waals surface area contributed by atoms with Gasteiger partial charge in [-0.25, -0.2) is 9.38 Å². The minimum absolute atomic E-state index is 0.219. The van der Waals surface area contributed by atoms with Gasteiger partial charge >= 0.3 is 0 Å². The molecule has 2 aromatic carbocycles. The van der Waals surface area contributed by atoms with Gasteiger partial charge in [0.05, 0.1) is 6.54 Å². The highest BCUT2D eigenvalue weighted by molar-refractivity contribution is 6.09. The molecule has 0 radical (unpaired) electrons. The van der Waals surface area contributed by atoms with E-state index in [1.807, 2.05) is 42.5 Å². The average molecular weight is 348 g/mol. The number of amides is 1. The van der Waals surface area contributed by atoms with Crippen molar-refractivity contribution in [3.63, 3.8) is 0 Å². The van der Waals surface area contributed by atoms with Gasteiger partial charge < -0.3 is 5.32 Å². The Bertz CT molecular complexity index is 898. The summed E-state index contributed by atoms with van der Waals surface area (Å²) in [6.45, 7) is 0.362. The van der Waals surface area contributed by atoms with Gasteiger partial charge in [0, 0.05) is 23.6 Å². The predicted molar refractivity (Wildman–Crippen MR) is 99.3 cm³/mol. The van der Waals surface area contributed by atoms with Crippen molar-refractivity contribution >= 4 is 17.6 Å². The lowest BCUT2D eigenvalue weighted by atomic mass is 10.2. The van der Waals surface area contributed by atoms with Crippen LogP contribution in [0.15, 0.2) is 84.1 Å². The van der Waals surface area contributed by atoms with E-state index in [1.165, 1.54) is 18.2 Å². The number of nitrogens with one attached hydrogen (secondary N) is 2. The minimum atomic E-state index is -0.469. The molecule has 0 fully saturated rings. The molecular formula is C20H17FN4O. The van der Waals surface area contributed by atoms with E-state index in [-0.39, 0.29) is 11.5 Å². The van der Waals surface area contributed by atoms with E-state index >= 15 is 0 Å². The number of hydrogen-bond acceptors (Lipinski definition) is 3. The standard InChI is InChI=1S/C20H17FN4O/c21-17-6-4-5-16(13-17)19(26)25-20(24-18-7-2-1-3-8-18)23-14-15-9-11-22-12-10-15/h1-13H,14H2,(H2,23,24,25,26). The third kappa shape index (κ3) is 4.98. The zero-order chi connectivity index (χ0) is 18.2. The van der Waals surface area contributed by atoms with E-state index in [0.29, 0.717) is 6.54 Å². The molecule has 1 amide bonds. The summed E-state index contributed by atoms with van der Waals surface area (Å²) in [5, 5.41) is 5.77. The Hall–Kier alpha value is -3.54. The van der Waals surface area contributed by atoms with Gasteiger partial charge in [-0.3, -0.25) is 15.1 Å². The number of aromatic nitrogens is 1. The normalized spacial score (nSPS) is 11.0. The van der Waals surface area contributed by atoms with Crippen LogP contribution in [0.4, 0.5) is 10.1 Å². The molecule has 0 bridgehead atoms. The summed E-state index contributed by atoms with van der Waals surface area (Å²) >= 11 is 0. The monoisotopic (exact) mass is 348 g/mol. The highest BCUT2D eigenvalue weighted by Crippen LogP contribution is 2.07. The fourth-order valence-electron chi connectivity index (χ4n) is 2.24. The van der Waals surface area contributed by atoms with Crippen LogP contribution in [0.5, 0.6) is 0 Å². The van der Waals surface area contributed by atoms with Crippen molar-refractivity contribution in [2.45, 2.75) is 6.54 Å². The van der Waals surface area contributed by atoms with Gasteiger partial charge in [0.25, 0.3) is 5.91 Å². The molecule has 26 heavy (non-hydrogen) atoms. The number of carbonyl (C=O) groups excluding carboxylic acids is 1. The number of hydrogen-bond donors (Lipinski definition) is 2. The van der Waals surface area contributed by atoms with Crippen LogP contribution in [-0.2, 0) is 6.54 Å². The molecule has 0 unspecified atom stereocenters. The predicted octanol–water partition coefficient (Wildman–Crippen LogP) is 3.62. The molecule has 0 aliphatic rings. The first kappa shape index (κ1) is 17.3. The van der Waals surface area contributed by atoms with Crippen molar-refractivity contribution in [3.05, 3.63) is 96.1 Å². The van der Waals surface area contributed by atoms with Crippen LogP contribution in [0.25, 0.3) is 0 Å². The molecule has 1 aromatic heterocycles. The molecule has 3 rings (SSSR count). The molecule has 0 saturated heterocycles. The van der Waals surface area contributed by atoms with Gasteiger partial charge in [-0.1, -0.05) is 24.3 Å². The van der Waals surface area contributed by atoms with E-state index < -0.39 is 11.7 Å². The summed E-state index contributed by atoms with van der Waals surface area (Å²) in [7, 11) is 0. The van der Waals surface area contributed by atoms with Gasteiger partial charge in [0.1, 0.15) is 5.82 Å².